The molecule has 0 saturated carbocycles. The SMILES string of the molecule is CCc1ccc(-c2csc(NN)n2)s1. The molecule has 14 heavy (non-hydrogen) atoms. The Labute approximate surface area is 90.6 Å². The molecule has 0 aliphatic heterocycles. The van der Waals surface area contributed by atoms with Crippen molar-refractivity contribution in [3.05, 3.63) is 22.4 Å². The summed E-state index contributed by atoms with van der Waals surface area (Å²) in [7, 11) is 0. The number of nitrogens with zero attached hydrogens (tertiary/aromatic N) is 1. The predicted octanol–water partition coefficient (Wildman–Crippen LogP) is 2.72. The standard InChI is InChI=1S/C9H11N3S2/c1-2-6-3-4-8(14-6)7-5-13-9(11-7)12-10/h3-5H,2,10H2,1H3,(H,11,12). The fourth-order valence-electron chi connectivity index (χ4n) is 1.16. The zero-order valence-electron chi connectivity index (χ0n) is 7.78. The lowest BCUT2D eigenvalue weighted by atomic mass is 10.3. The van der Waals surface area contributed by atoms with E-state index in [9.17, 15) is 0 Å². The first-order valence-electron chi connectivity index (χ1n) is 4.34. The Kier molecular flexibility index (Phi) is 2.81. The van der Waals surface area contributed by atoms with Gasteiger partial charge in [-0.1, -0.05) is 6.92 Å². The number of thiazole rings is 1. The quantitative estimate of drug-likeness (QED) is 0.624. The van der Waals surface area contributed by atoms with Crippen molar-refractivity contribution in [1.29, 1.82) is 0 Å². The van der Waals surface area contributed by atoms with Crippen LogP contribution in [0.3, 0.4) is 0 Å². The van der Waals surface area contributed by atoms with Crippen LogP contribution in [0.2, 0.25) is 0 Å². The van der Waals surface area contributed by atoms with Gasteiger partial charge in [-0.2, -0.15) is 0 Å². The van der Waals surface area contributed by atoms with Crippen LogP contribution in [0.4, 0.5) is 5.13 Å². The summed E-state index contributed by atoms with van der Waals surface area (Å²) in [6.07, 6.45) is 1.08. The predicted molar refractivity (Wildman–Crippen MR) is 62.6 cm³/mol. The maximum Gasteiger partial charge on any atom is 0.197 e. The molecule has 0 amide bonds. The molecule has 0 radical (unpaired) electrons. The van der Waals surface area contributed by atoms with E-state index in [1.165, 1.54) is 21.1 Å². The molecule has 3 nitrogen and oxygen atoms in total. The Morgan fingerprint density at radius 1 is 1.50 bits per heavy atom. The summed E-state index contributed by atoms with van der Waals surface area (Å²) in [5, 5.41) is 2.77. The van der Waals surface area contributed by atoms with Gasteiger partial charge in [0.25, 0.3) is 0 Å². The second-order valence-electron chi connectivity index (χ2n) is 2.80. The van der Waals surface area contributed by atoms with Crippen LogP contribution in [0.5, 0.6) is 0 Å². The number of aryl methyl sites for hydroxylation is 1. The van der Waals surface area contributed by atoms with Gasteiger partial charge in [0.1, 0.15) is 0 Å². The average molecular weight is 225 g/mol. The molecule has 0 bridgehead atoms. The first-order chi connectivity index (χ1) is 6.83. The van der Waals surface area contributed by atoms with Crippen molar-refractivity contribution in [2.24, 2.45) is 5.84 Å². The van der Waals surface area contributed by atoms with Gasteiger partial charge in [-0.3, -0.25) is 5.43 Å². The van der Waals surface area contributed by atoms with Crippen LogP contribution in [0.1, 0.15) is 11.8 Å². The third kappa shape index (κ3) is 1.79. The van der Waals surface area contributed by atoms with Crippen LogP contribution in [0.25, 0.3) is 10.6 Å². The van der Waals surface area contributed by atoms with E-state index >= 15 is 0 Å². The van der Waals surface area contributed by atoms with E-state index in [1.807, 2.05) is 5.38 Å². The molecule has 0 saturated heterocycles. The third-order valence-electron chi connectivity index (χ3n) is 1.89. The van der Waals surface area contributed by atoms with Crippen molar-refractivity contribution in [2.45, 2.75) is 13.3 Å². The minimum Gasteiger partial charge on any atom is -0.300 e. The van der Waals surface area contributed by atoms with Crippen LogP contribution in [0.15, 0.2) is 17.5 Å². The Balaban J connectivity index is 2.29. The molecule has 3 N–H and O–H groups in total. The molecule has 0 atom stereocenters. The lowest BCUT2D eigenvalue weighted by Crippen LogP contribution is -2.05. The molecule has 2 aromatic heterocycles. The molecule has 5 heteroatoms. The van der Waals surface area contributed by atoms with Crippen molar-refractivity contribution in [1.82, 2.24) is 4.98 Å². The van der Waals surface area contributed by atoms with Crippen molar-refractivity contribution in [2.75, 3.05) is 5.43 Å². The monoisotopic (exact) mass is 225 g/mol. The fourth-order valence-corrected chi connectivity index (χ4v) is 2.76. The van der Waals surface area contributed by atoms with E-state index in [4.69, 9.17) is 5.84 Å². The molecule has 0 fully saturated rings. The summed E-state index contributed by atoms with van der Waals surface area (Å²) in [5.41, 5.74) is 3.56. The number of rotatable bonds is 3. The normalized spacial score (nSPS) is 10.4. The molecule has 0 aromatic carbocycles. The van der Waals surface area contributed by atoms with Gasteiger partial charge in [0.05, 0.1) is 10.6 Å². The summed E-state index contributed by atoms with van der Waals surface area (Å²) in [4.78, 5) is 6.93. The molecule has 2 heterocycles. The maximum absolute atomic E-state index is 5.27. The van der Waals surface area contributed by atoms with E-state index in [-0.39, 0.29) is 0 Å². The largest absolute Gasteiger partial charge is 0.300 e. The number of nitrogens with one attached hydrogen (secondary N) is 1. The minimum atomic E-state index is 0.756. The van der Waals surface area contributed by atoms with Crippen molar-refractivity contribution < 1.29 is 0 Å². The lowest BCUT2D eigenvalue weighted by molar-refractivity contribution is 1.19. The number of aromatic nitrogens is 1. The van der Waals surface area contributed by atoms with Crippen LogP contribution in [-0.2, 0) is 6.42 Å². The smallest absolute Gasteiger partial charge is 0.197 e. The molecular weight excluding hydrogens is 214 g/mol. The highest BCUT2D eigenvalue weighted by molar-refractivity contribution is 7.17. The summed E-state index contributed by atoms with van der Waals surface area (Å²) in [6.45, 7) is 2.16. The van der Waals surface area contributed by atoms with Gasteiger partial charge in [0.15, 0.2) is 5.13 Å². The number of thiophene rings is 1. The number of nitrogens with two attached hydrogens (primary N) is 1. The Morgan fingerprint density at radius 2 is 2.36 bits per heavy atom. The zero-order valence-corrected chi connectivity index (χ0v) is 9.41. The molecule has 2 aromatic rings. The van der Waals surface area contributed by atoms with Crippen molar-refractivity contribution in [3.63, 3.8) is 0 Å². The van der Waals surface area contributed by atoms with Crippen LogP contribution in [-0.4, -0.2) is 4.98 Å². The van der Waals surface area contributed by atoms with Crippen LogP contribution in [0, 0.1) is 0 Å². The molecule has 0 aliphatic rings. The first kappa shape index (κ1) is 9.64. The van der Waals surface area contributed by atoms with Gasteiger partial charge < -0.3 is 0 Å². The Bertz CT molecular complexity index is 379. The summed E-state index contributed by atoms with van der Waals surface area (Å²) in [6, 6.07) is 4.26. The van der Waals surface area contributed by atoms with E-state index in [2.05, 4.69) is 29.5 Å². The van der Waals surface area contributed by atoms with Gasteiger partial charge >= 0.3 is 0 Å². The first-order valence-corrected chi connectivity index (χ1v) is 6.04. The second kappa shape index (κ2) is 4.08. The average Bonchev–Trinajstić information content (AvgIpc) is 2.86. The minimum absolute atomic E-state index is 0.756. The molecule has 74 valence electrons. The van der Waals surface area contributed by atoms with Gasteiger partial charge in [-0.25, -0.2) is 10.8 Å². The highest BCUT2D eigenvalue weighted by Gasteiger charge is 2.05. The molecular formula is C9H11N3S2. The highest BCUT2D eigenvalue weighted by atomic mass is 32.1. The van der Waals surface area contributed by atoms with E-state index in [0.29, 0.717) is 0 Å². The Morgan fingerprint density at radius 3 is 2.93 bits per heavy atom. The number of anilines is 1. The topological polar surface area (TPSA) is 50.9 Å². The number of hydrazine groups is 1. The van der Waals surface area contributed by atoms with Crippen LogP contribution >= 0.6 is 22.7 Å². The maximum atomic E-state index is 5.27. The number of hydrogen-bond acceptors (Lipinski definition) is 5. The van der Waals surface area contributed by atoms with Gasteiger partial charge in [-0.05, 0) is 18.6 Å². The lowest BCUT2D eigenvalue weighted by Gasteiger charge is -1.89. The molecule has 0 aliphatic carbocycles. The highest BCUT2D eigenvalue weighted by Crippen LogP contribution is 2.30. The van der Waals surface area contributed by atoms with Crippen molar-refractivity contribution >= 4 is 27.8 Å². The zero-order chi connectivity index (χ0) is 9.97. The van der Waals surface area contributed by atoms with E-state index < -0.39 is 0 Å². The summed E-state index contributed by atoms with van der Waals surface area (Å²) < 4.78 is 0. The molecule has 2 rings (SSSR count). The molecule has 0 unspecified atom stereocenters. The van der Waals surface area contributed by atoms with Gasteiger partial charge in [-0.15, -0.1) is 22.7 Å². The summed E-state index contributed by atoms with van der Waals surface area (Å²) >= 11 is 3.31. The third-order valence-corrected chi connectivity index (χ3v) is 3.92. The van der Waals surface area contributed by atoms with Gasteiger partial charge in [0, 0.05) is 10.3 Å². The summed E-state index contributed by atoms with van der Waals surface area (Å²) in [5.74, 6) is 5.27. The Hall–Kier alpha value is -0.910. The molecule has 0 spiro atoms. The fraction of sp³-hybridized carbons (Fsp3) is 0.222. The van der Waals surface area contributed by atoms with E-state index in [0.717, 1.165) is 17.2 Å². The van der Waals surface area contributed by atoms with Gasteiger partial charge in [0.2, 0.25) is 0 Å². The van der Waals surface area contributed by atoms with E-state index in [1.54, 1.807) is 11.3 Å². The second-order valence-corrected chi connectivity index (χ2v) is 4.83. The number of nitrogen functional groups attached to an aromatic ring is 1. The number of hydrogen-bond donors (Lipinski definition) is 2. The van der Waals surface area contributed by atoms with Crippen molar-refractivity contribution in [3.8, 4) is 10.6 Å². The van der Waals surface area contributed by atoms with Crippen LogP contribution < -0.4 is 11.3 Å².